The fourth-order valence-corrected chi connectivity index (χ4v) is 2.50. The number of rotatable bonds is 2. The van der Waals surface area contributed by atoms with Crippen LogP contribution in [0.15, 0.2) is 61.2 Å². The third-order valence-electron chi connectivity index (χ3n) is 3.63. The smallest absolute Gasteiger partial charge is 0.178 e. The van der Waals surface area contributed by atoms with E-state index in [9.17, 15) is 0 Å². The van der Waals surface area contributed by atoms with Gasteiger partial charge in [0.15, 0.2) is 5.82 Å². The molecule has 4 aromatic heterocycles. The van der Waals surface area contributed by atoms with Crippen LogP contribution in [0, 0.1) is 6.92 Å². The van der Waals surface area contributed by atoms with Gasteiger partial charge in [-0.2, -0.15) is 0 Å². The van der Waals surface area contributed by atoms with Crippen molar-refractivity contribution < 1.29 is 0 Å². The Kier molecular flexibility index (Phi) is 3.24. The van der Waals surface area contributed by atoms with Gasteiger partial charge < -0.3 is 0 Å². The Morgan fingerprint density at radius 2 is 1.78 bits per heavy atom. The van der Waals surface area contributed by atoms with Crippen molar-refractivity contribution in [1.82, 2.24) is 24.9 Å². The Morgan fingerprint density at radius 3 is 2.65 bits per heavy atom. The number of aromatic nitrogens is 5. The summed E-state index contributed by atoms with van der Waals surface area (Å²) < 4.78 is 0. The van der Waals surface area contributed by atoms with E-state index in [-0.39, 0.29) is 0 Å². The molecule has 0 saturated heterocycles. The Labute approximate surface area is 133 Å². The number of nitrogens with zero attached hydrogens (tertiary/aromatic N) is 5. The molecule has 0 saturated carbocycles. The summed E-state index contributed by atoms with van der Waals surface area (Å²) in [6.45, 7) is 1.98. The zero-order valence-electron chi connectivity index (χ0n) is 12.5. The molecule has 0 amide bonds. The maximum absolute atomic E-state index is 4.65. The lowest BCUT2D eigenvalue weighted by atomic mass is 10.1. The quantitative estimate of drug-likeness (QED) is 0.567. The third kappa shape index (κ3) is 2.53. The van der Waals surface area contributed by atoms with Gasteiger partial charge in [-0.25, -0.2) is 9.97 Å². The average Bonchev–Trinajstić information content (AvgIpc) is 2.62. The van der Waals surface area contributed by atoms with Crippen molar-refractivity contribution in [1.29, 1.82) is 0 Å². The highest BCUT2D eigenvalue weighted by atomic mass is 14.9. The summed E-state index contributed by atoms with van der Waals surface area (Å²) in [5.74, 6) is 0.605. The lowest BCUT2D eigenvalue weighted by Gasteiger charge is -2.08. The van der Waals surface area contributed by atoms with Crippen LogP contribution in [0.2, 0.25) is 0 Å². The summed E-state index contributed by atoms with van der Waals surface area (Å²) in [5.41, 5.74) is 4.42. The second-order valence-electron chi connectivity index (χ2n) is 5.17. The largest absolute Gasteiger partial charge is 0.264 e. The minimum atomic E-state index is 0.605. The topological polar surface area (TPSA) is 64.5 Å². The number of pyridine rings is 3. The molecule has 0 aliphatic heterocycles. The highest BCUT2D eigenvalue weighted by Gasteiger charge is 2.10. The molecule has 4 rings (SSSR count). The first-order valence-electron chi connectivity index (χ1n) is 7.27. The first-order chi connectivity index (χ1) is 11.3. The van der Waals surface area contributed by atoms with Crippen molar-refractivity contribution in [2.45, 2.75) is 6.92 Å². The molecule has 0 atom stereocenters. The SMILES string of the molecule is Cc1nc2ccncc2cc1-c1ccnc(-c2ccccn2)n1. The highest BCUT2D eigenvalue weighted by Crippen LogP contribution is 2.25. The molecule has 0 aliphatic rings. The van der Waals surface area contributed by atoms with Crippen molar-refractivity contribution in [3.63, 3.8) is 0 Å². The van der Waals surface area contributed by atoms with Crippen molar-refractivity contribution in [3.8, 4) is 22.8 Å². The van der Waals surface area contributed by atoms with Crippen LogP contribution in [0.4, 0.5) is 0 Å². The summed E-state index contributed by atoms with van der Waals surface area (Å²) in [6.07, 6.45) is 7.05. The van der Waals surface area contributed by atoms with E-state index in [2.05, 4.69) is 31.0 Å². The molecule has 0 N–H and O–H groups in total. The molecule has 23 heavy (non-hydrogen) atoms. The molecule has 110 valence electrons. The van der Waals surface area contributed by atoms with Gasteiger partial charge in [-0.15, -0.1) is 0 Å². The van der Waals surface area contributed by atoms with Gasteiger partial charge in [0.2, 0.25) is 0 Å². The van der Waals surface area contributed by atoms with E-state index in [0.717, 1.165) is 33.5 Å². The van der Waals surface area contributed by atoms with Gasteiger partial charge in [-0.05, 0) is 37.3 Å². The van der Waals surface area contributed by atoms with Crippen LogP contribution in [0.5, 0.6) is 0 Å². The predicted octanol–water partition coefficient (Wildman–Crippen LogP) is 3.46. The van der Waals surface area contributed by atoms with Crippen LogP contribution in [0.1, 0.15) is 5.69 Å². The number of aryl methyl sites for hydroxylation is 1. The standard InChI is InChI=1S/C18H13N5/c1-12-14(10-13-11-19-8-5-15(13)22-12)16-6-9-21-18(23-16)17-4-2-3-7-20-17/h2-11H,1H3. The number of hydrogen-bond acceptors (Lipinski definition) is 5. The predicted molar refractivity (Wildman–Crippen MR) is 88.5 cm³/mol. The Bertz CT molecular complexity index is 983. The van der Waals surface area contributed by atoms with Crippen molar-refractivity contribution in [2.75, 3.05) is 0 Å². The minimum Gasteiger partial charge on any atom is -0.264 e. The van der Waals surface area contributed by atoms with E-state index in [1.165, 1.54) is 0 Å². The van der Waals surface area contributed by atoms with Gasteiger partial charge in [-0.1, -0.05) is 6.07 Å². The molecule has 4 aromatic rings. The molecule has 5 nitrogen and oxygen atoms in total. The molecule has 0 spiro atoms. The van der Waals surface area contributed by atoms with Gasteiger partial charge in [0.1, 0.15) is 5.69 Å². The van der Waals surface area contributed by atoms with Crippen molar-refractivity contribution in [2.24, 2.45) is 0 Å². The van der Waals surface area contributed by atoms with E-state index in [0.29, 0.717) is 5.82 Å². The molecule has 0 fully saturated rings. The van der Waals surface area contributed by atoms with Crippen LogP contribution >= 0.6 is 0 Å². The molecular formula is C18H13N5. The van der Waals surface area contributed by atoms with E-state index in [1.807, 2.05) is 43.5 Å². The zero-order valence-corrected chi connectivity index (χ0v) is 12.5. The van der Waals surface area contributed by atoms with Crippen molar-refractivity contribution in [3.05, 3.63) is 66.9 Å². The lowest BCUT2D eigenvalue weighted by molar-refractivity contribution is 1.13. The maximum Gasteiger partial charge on any atom is 0.178 e. The second-order valence-corrected chi connectivity index (χ2v) is 5.17. The monoisotopic (exact) mass is 299 g/mol. The molecule has 0 unspecified atom stereocenters. The molecular weight excluding hydrogens is 286 g/mol. The second kappa shape index (κ2) is 5.53. The Morgan fingerprint density at radius 1 is 0.826 bits per heavy atom. The van der Waals surface area contributed by atoms with Crippen LogP contribution < -0.4 is 0 Å². The van der Waals surface area contributed by atoms with Gasteiger partial charge in [0.05, 0.1) is 11.2 Å². The molecule has 0 radical (unpaired) electrons. The van der Waals surface area contributed by atoms with E-state index in [1.54, 1.807) is 18.6 Å². The van der Waals surface area contributed by atoms with Crippen LogP contribution in [-0.4, -0.2) is 24.9 Å². The summed E-state index contributed by atoms with van der Waals surface area (Å²) in [6, 6.07) is 11.6. The fraction of sp³-hybridized carbons (Fsp3) is 0.0556. The van der Waals surface area contributed by atoms with Crippen LogP contribution in [0.25, 0.3) is 33.7 Å². The van der Waals surface area contributed by atoms with Crippen molar-refractivity contribution >= 4 is 10.9 Å². The minimum absolute atomic E-state index is 0.605. The maximum atomic E-state index is 4.65. The van der Waals surface area contributed by atoms with Gasteiger partial charge >= 0.3 is 0 Å². The lowest BCUT2D eigenvalue weighted by Crippen LogP contribution is -1.96. The summed E-state index contributed by atoms with van der Waals surface area (Å²) in [7, 11) is 0. The molecule has 0 aromatic carbocycles. The van der Waals surface area contributed by atoms with E-state index < -0.39 is 0 Å². The van der Waals surface area contributed by atoms with Gasteiger partial charge in [0, 0.05) is 41.4 Å². The van der Waals surface area contributed by atoms with Crippen LogP contribution in [0.3, 0.4) is 0 Å². The molecule has 0 aliphatic carbocycles. The average molecular weight is 299 g/mol. The Hall–Kier alpha value is -3.21. The summed E-state index contributed by atoms with van der Waals surface area (Å²) in [4.78, 5) is 22.1. The number of fused-ring (bicyclic) bond motifs is 1. The van der Waals surface area contributed by atoms with Gasteiger partial charge in [-0.3, -0.25) is 15.0 Å². The first kappa shape index (κ1) is 13.5. The van der Waals surface area contributed by atoms with Crippen LogP contribution in [-0.2, 0) is 0 Å². The molecule has 0 bridgehead atoms. The zero-order chi connectivity index (χ0) is 15.6. The summed E-state index contributed by atoms with van der Waals surface area (Å²) in [5, 5.41) is 0.992. The molecule has 4 heterocycles. The molecule has 5 heteroatoms. The fourth-order valence-electron chi connectivity index (χ4n) is 2.50. The highest BCUT2D eigenvalue weighted by molar-refractivity contribution is 5.83. The van der Waals surface area contributed by atoms with E-state index in [4.69, 9.17) is 0 Å². The van der Waals surface area contributed by atoms with Gasteiger partial charge in [0.25, 0.3) is 0 Å². The summed E-state index contributed by atoms with van der Waals surface area (Å²) >= 11 is 0. The third-order valence-corrected chi connectivity index (χ3v) is 3.63. The Balaban J connectivity index is 1.86. The van der Waals surface area contributed by atoms with E-state index >= 15 is 0 Å². The first-order valence-corrected chi connectivity index (χ1v) is 7.27. The number of hydrogen-bond donors (Lipinski definition) is 0. The normalized spacial score (nSPS) is 10.8.